The van der Waals surface area contributed by atoms with Crippen molar-refractivity contribution in [2.75, 3.05) is 26.2 Å². The first kappa shape index (κ1) is 18.0. The smallest absolute Gasteiger partial charge is 0.317 e. The Morgan fingerprint density at radius 1 is 1.29 bits per heavy atom. The van der Waals surface area contributed by atoms with Gasteiger partial charge in [0.1, 0.15) is 12.3 Å². The molecule has 0 unspecified atom stereocenters. The molecule has 1 aliphatic rings. The van der Waals surface area contributed by atoms with Gasteiger partial charge < -0.3 is 19.9 Å². The molecule has 0 spiro atoms. The summed E-state index contributed by atoms with van der Waals surface area (Å²) in [5.74, 6) is -0.217. The highest BCUT2D eigenvalue weighted by atomic mass is 19.1. The predicted molar refractivity (Wildman–Crippen MR) is 106 cm³/mol. The van der Waals surface area contributed by atoms with Crippen molar-refractivity contribution in [3.63, 3.8) is 0 Å². The molecule has 1 aromatic carbocycles. The molecule has 2 N–H and O–H groups in total. The quantitative estimate of drug-likeness (QED) is 0.665. The molecule has 1 aliphatic heterocycles. The molecule has 4 rings (SSSR count). The summed E-state index contributed by atoms with van der Waals surface area (Å²) in [4.78, 5) is 21.6. The van der Waals surface area contributed by atoms with Gasteiger partial charge in [0, 0.05) is 36.4 Å². The Kier molecular flexibility index (Phi) is 5.23. The average molecular weight is 380 g/mol. The Morgan fingerprint density at radius 2 is 2.18 bits per heavy atom. The number of aromatic nitrogens is 2. The Balaban J connectivity index is 1.28. The third-order valence-electron chi connectivity index (χ3n) is 4.77. The topological polar surface area (TPSA) is 70.2 Å². The van der Waals surface area contributed by atoms with Crippen molar-refractivity contribution in [1.82, 2.24) is 20.2 Å². The van der Waals surface area contributed by atoms with E-state index in [9.17, 15) is 9.18 Å². The summed E-state index contributed by atoms with van der Waals surface area (Å²) in [6, 6.07) is 10.0. The standard InChI is InChI=1S/C21H21FN4O2/c22-18-5-1-2-6-19(18)28-13-10-24-21(27)26-11-7-15(8-12-26)17-14-25-20-16(17)4-3-9-23-20/h1-7,9,14H,8,10-13H2,(H,23,25)(H,24,27). The second-order valence-electron chi connectivity index (χ2n) is 6.54. The third-order valence-corrected chi connectivity index (χ3v) is 4.77. The van der Waals surface area contributed by atoms with E-state index >= 15 is 0 Å². The van der Waals surface area contributed by atoms with Crippen molar-refractivity contribution in [3.05, 3.63) is 66.2 Å². The molecular weight excluding hydrogens is 359 g/mol. The second-order valence-corrected chi connectivity index (χ2v) is 6.54. The van der Waals surface area contributed by atoms with Gasteiger partial charge in [-0.25, -0.2) is 14.2 Å². The van der Waals surface area contributed by atoms with Crippen LogP contribution in [-0.2, 0) is 0 Å². The minimum atomic E-state index is -0.407. The average Bonchev–Trinajstić information content (AvgIpc) is 3.16. The lowest BCUT2D eigenvalue weighted by molar-refractivity contribution is 0.199. The van der Waals surface area contributed by atoms with Crippen LogP contribution in [0, 0.1) is 5.82 Å². The number of aromatic amines is 1. The maximum absolute atomic E-state index is 13.5. The van der Waals surface area contributed by atoms with Crippen LogP contribution < -0.4 is 10.1 Å². The van der Waals surface area contributed by atoms with Gasteiger partial charge in [-0.2, -0.15) is 0 Å². The van der Waals surface area contributed by atoms with Crippen molar-refractivity contribution < 1.29 is 13.9 Å². The molecule has 3 aromatic rings. The summed E-state index contributed by atoms with van der Waals surface area (Å²) in [6.07, 6.45) is 6.59. The number of benzene rings is 1. The van der Waals surface area contributed by atoms with Crippen LogP contribution in [0.25, 0.3) is 16.6 Å². The minimum absolute atomic E-state index is 0.145. The van der Waals surface area contributed by atoms with Gasteiger partial charge in [-0.15, -0.1) is 0 Å². The van der Waals surface area contributed by atoms with Crippen molar-refractivity contribution in [3.8, 4) is 5.75 Å². The molecule has 28 heavy (non-hydrogen) atoms. The number of para-hydroxylation sites is 1. The van der Waals surface area contributed by atoms with E-state index in [0.29, 0.717) is 19.6 Å². The number of carbonyl (C=O) groups is 1. The maximum atomic E-state index is 13.5. The molecule has 3 heterocycles. The number of hydrogen-bond donors (Lipinski definition) is 2. The first-order chi connectivity index (χ1) is 13.7. The first-order valence-corrected chi connectivity index (χ1v) is 9.24. The number of ether oxygens (including phenoxy) is 1. The van der Waals surface area contributed by atoms with Gasteiger partial charge in [-0.05, 0) is 36.3 Å². The molecular formula is C21H21FN4O2. The van der Waals surface area contributed by atoms with Crippen LogP contribution in [0.3, 0.4) is 0 Å². The largest absolute Gasteiger partial charge is 0.489 e. The van der Waals surface area contributed by atoms with E-state index in [1.54, 1.807) is 29.3 Å². The first-order valence-electron chi connectivity index (χ1n) is 9.24. The maximum Gasteiger partial charge on any atom is 0.317 e. The molecule has 0 saturated carbocycles. The number of carbonyl (C=O) groups excluding carboxylic acids is 1. The normalized spacial score (nSPS) is 14.0. The molecule has 2 aromatic heterocycles. The van der Waals surface area contributed by atoms with Gasteiger partial charge in [0.15, 0.2) is 11.6 Å². The van der Waals surface area contributed by atoms with E-state index < -0.39 is 5.82 Å². The molecule has 0 fully saturated rings. The fourth-order valence-electron chi connectivity index (χ4n) is 3.31. The molecule has 0 saturated heterocycles. The number of amides is 2. The number of nitrogens with zero attached hydrogens (tertiary/aromatic N) is 2. The number of H-pyrrole nitrogens is 1. The van der Waals surface area contributed by atoms with Gasteiger partial charge in [0.25, 0.3) is 0 Å². The Bertz CT molecular complexity index is 1010. The van der Waals surface area contributed by atoms with Crippen molar-refractivity contribution in [1.29, 1.82) is 0 Å². The SMILES string of the molecule is O=C(NCCOc1ccccc1F)N1CC=C(c2c[nH]c3ncccc23)CC1. The van der Waals surface area contributed by atoms with Crippen LogP contribution in [0.2, 0.25) is 0 Å². The highest BCUT2D eigenvalue weighted by Crippen LogP contribution is 2.28. The van der Waals surface area contributed by atoms with Crippen LogP contribution in [0.4, 0.5) is 9.18 Å². The van der Waals surface area contributed by atoms with E-state index in [0.717, 1.165) is 23.0 Å². The summed E-state index contributed by atoms with van der Waals surface area (Å²) in [6.45, 7) is 1.71. The molecule has 0 atom stereocenters. The van der Waals surface area contributed by atoms with Crippen LogP contribution in [0.5, 0.6) is 5.75 Å². The molecule has 0 radical (unpaired) electrons. The van der Waals surface area contributed by atoms with E-state index in [-0.39, 0.29) is 18.4 Å². The zero-order chi connectivity index (χ0) is 19.3. The Hall–Kier alpha value is -3.35. The van der Waals surface area contributed by atoms with Crippen LogP contribution in [0.15, 0.2) is 54.9 Å². The number of urea groups is 1. The lowest BCUT2D eigenvalue weighted by Gasteiger charge is -2.26. The van der Waals surface area contributed by atoms with Gasteiger partial charge >= 0.3 is 6.03 Å². The van der Waals surface area contributed by atoms with Crippen molar-refractivity contribution in [2.24, 2.45) is 0 Å². The van der Waals surface area contributed by atoms with Crippen molar-refractivity contribution >= 4 is 22.6 Å². The number of halogens is 1. The van der Waals surface area contributed by atoms with Gasteiger partial charge in [0.05, 0.1) is 6.54 Å². The highest BCUT2D eigenvalue weighted by molar-refractivity contribution is 5.91. The third kappa shape index (κ3) is 3.83. The van der Waals surface area contributed by atoms with Crippen LogP contribution >= 0.6 is 0 Å². The van der Waals surface area contributed by atoms with E-state index in [1.807, 2.05) is 18.3 Å². The fraction of sp³-hybridized carbons (Fsp3) is 0.238. The van der Waals surface area contributed by atoms with Crippen LogP contribution in [-0.4, -0.2) is 47.1 Å². The number of pyridine rings is 1. The number of nitrogens with one attached hydrogen (secondary N) is 2. The minimum Gasteiger partial charge on any atom is -0.489 e. The molecule has 0 aliphatic carbocycles. The number of hydrogen-bond acceptors (Lipinski definition) is 3. The van der Waals surface area contributed by atoms with Crippen LogP contribution in [0.1, 0.15) is 12.0 Å². The fourth-order valence-corrected chi connectivity index (χ4v) is 3.31. The monoisotopic (exact) mass is 380 g/mol. The summed E-state index contributed by atoms with van der Waals surface area (Å²) in [7, 11) is 0. The summed E-state index contributed by atoms with van der Waals surface area (Å²) >= 11 is 0. The molecule has 2 amide bonds. The number of rotatable bonds is 5. The van der Waals surface area contributed by atoms with E-state index in [1.165, 1.54) is 11.6 Å². The highest BCUT2D eigenvalue weighted by Gasteiger charge is 2.19. The summed E-state index contributed by atoms with van der Waals surface area (Å²) in [5.41, 5.74) is 3.22. The van der Waals surface area contributed by atoms with Gasteiger partial charge in [0.2, 0.25) is 0 Å². The lowest BCUT2D eigenvalue weighted by Crippen LogP contribution is -2.43. The molecule has 7 heteroatoms. The predicted octanol–water partition coefficient (Wildman–Crippen LogP) is 3.58. The summed E-state index contributed by atoms with van der Waals surface area (Å²) in [5, 5.41) is 3.91. The summed E-state index contributed by atoms with van der Waals surface area (Å²) < 4.78 is 18.8. The zero-order valence-electron chi connectivity index (χ0n) is 15.3. The number of fused-ring (bicyclic) bond motifs is 1. The molecule has 6 nitrogen and oxygen atoms in total. The van der Waals surface area contributed by atoms with E-state index in [2.05, 4.69) is 21.4 Å². The lowest BCUT2D eigenvalue weighted by atomic mass is 10.00. The van der Waals surface area contributed by atoms with Crippen molar-refractivity contribution in [2.45, 2.75) is 6.42 Å². The van der Waals surface area contributed by atoms with E-state index in [4.69, 9.17) is 4.74 Å². The second kappa shape index (κ2) is 8.12. The molecule has 0 bridgehead atoms. The Morgan fingerprint density at radius 3 is 3.00 bits per heavy atom. The zero-order valence-corrected chi connectivity index (χ0v) is 15.3. The van der Waals surface area contributed by atoms with Gasteiger partial charge in [-0.1, -0.05) is 18.2 Å². The molecule has 144 valence electrons. The Labute approximate surface area is 162 Å². The van der Waals surface area contributed by atoms with Gasteiger partial charge in [-0.3, -0.25) is 0 Å².